The Bertz CT molecular complexity index is 655. The number of hydrogen-bond acceptors (Lipinski definition) is 5. The molecule has 0 bridgehead atoms. The number of carbonyl (C=O) groups excluding carboxylic acids is 1. The smallest absolute Gasteiger partial charge is 0.263 e. The zero-order chi connectivity index (χ0) is 14.8. The fourth-order valence-corrected chi connectivity index (χ4v) is 5.02. The third kappa shape index (κ3) is 2.87. The van der Waals surface area contributed by atoms with Crippen molar-refractivity contribution >= 4 is 44.9 Å². The van der Waals surface area contributed by atoms with Crippen LogP contribution in [0.4, 0.5) is 5.69 Å². The van der Waals surface area contributed by atoms with Crippen molar-refractivity contribution in [1.29, 1.82) is 0 Å². The number of nitrogens with one attached hydrogen (secondary N) is 1. The van der Waals surface area contributed by atoms with Gasteiger partial charge in [0.05, 0.1) is 5.69 Å². The lowest BCUT2D eigenvalue weighted by atomic mass is 10.2. The first-order chi connectivity index (χ1) is 10.2. The van der Waals surface area contributed by atoms with E-state index >= 15 is 0 Å². The van der Waals surface area contributed by atoms with Gasteiger partial charge >= 0.3 is 0 Å². The Morgan fingerprint density at radius 1 is 1.57 bits per heavy atom. The Morgan fingerprint density at radius 2 is 2.43 bits per heavy atom. The molecule has 21 heavy (non-hydrogen) atoms. The molecule has 0 aromatic carbocycles. The van der Waals surface area contributed by atoms with Gasteiger partial charge in [0.25, 0.3) is 5.91 Å². The number of nitrogen functional groups attached to an aromatic ring is 1. The maximum atomic E-state index is 12.5. The highest BCUT2D eigenvalue weighted by atomic mass is 32.2. The Morgan fingerprint density at radius 3 is 3.19 bits per heavy atom. The van der Waals surface area contributed by atoms with Crippen LogP contribution in [0.5, 0.6) is 0 Å². The lowest BCUT2D eigenvalue weighted by Gasteiger charge is -2.19. The van der Waals surface area contributed by atoms with E-state index in [1.54, 1.807) is 6.20 Å². The Kier molecular flexibility index (Phi) is 4.35. The summed E-state index contributed by atoms with van der Waals surface area (Å²) in [7, 11) is 0. The zero-order valence-electron chi connectivity index (χ0n) is 12.0. The second-order valence-electron chi connectivity index (χ2n) is 5.21. The van der Waals surface area contributed by atoms with Gasteiger partial charge in [-0.05, 0) is 30.7 Å². The van der Waals surface area contributed by atoms with Gasteiger partial charge in [0.1, 0.15) is 9.71 Å². The lowest BCUT2D eigenvalue weighted by Crippen LogP contribution is -2.38. The summed E-state index contributed by atoms with van der Waals surface area (Å²) >= 11 is 3.31. The fourth-order valence-electron chi connectivity index (χ4n) is 2.86. The van der Waals surface area contributed by atoms with E-state index < -0.39 is 0 Å². The SMILES string of the molecule is CCSC1CCCC1NC(=O)c1sc2ncccc2c1N. The summed E-state index contributed by atoms with van der Waals surface area (Å²) in [5, 5.41) is 4.58. The van der Waals surface area contributed by atoms with E-state index in [4.69, 9.17) is 5.73 Å². The summed E-state index contributed by atoms with van der Waals surface area (Å²) in [4.78, 5) is 18.2. The van der Waals surface area contributed by atoms with Crippen molar-refractivity contribution in [2.45, 2.75) is 37.5 Å². The third-order valence-corrected chi connectivity index (χ3v) is 6.31. The van der Waals surface area contributed by atoms with Gasteiger partial charge in [-0.15, -0.1) is 11.3 Å². The van der Waals surface area contributed by atoms with Crippen LogP contribution in [0.1, 0.15) is 35.9 Å². The number of pyridine rings is 1. The number of thiophene rings is 1. The molecule has 2 atom stereocenters. The van der Waals surface area contributed by atoms with E-state index in [2.05, 4.69) is 17.2 Å². The molecule has 2 aromatic rings. The highest BCUT2D eigenvalue weighted by molar-refractivity contribution is 7.99. The Labute approximate surface area is 132 Å². The molecule has 2 aromatic heterocycles. The predicted molar refractivity (Wildman–Crippen MR) is 91.1 cm³/mol. The number of hydrogen-bond donors (Lipinski definition) is 2. The molecular formula is C15H19N3OS2. The van der Waals surface area contributed by atoms with Crippen molar-refractivity contribution in [3.05, 3.63) is 23.2 Å². The third-order valence-electron chi connectivity index (χ3n) is 3.86. The van der Waals surface area contributed by atoms with Gasteiger partial charge in [-0.3, -0.25) is 4.79 Å². The summed E-state index contributed by atoms with van der Waals surface area (Å²) in [5.74, 6) is 1.04. The highest BCUT2D eigenvalue weighted by Gasteiger charge is 2.29. The predicted octanol–water partition coefficient (Wildman–Crippen LogP) is 3.28. The number of nitrogens with zero attached hydrogens (tertiary/aromatic N) is 1. The van der Waals surface area contributed by atoms with E-state index in [0.717, 1.165) is 22.4 Å². The molecule has 0 spiro atoms. The molecule has 3 N–H and O–H groups in total. The topological polar surface area (TPSA) is 68.0 Å². The summed E-state index contributed by atoms with van der Waals surface area (Å²) in [6.45, 7) is 2.16. The lowest BCUT2D eigenvalue weighted by molar-refractivity contribution is 0.0943. The van der Waals surface area contributed by atoms with E-state index in [9.17, 15) is 4.79 Å². The molecule has 1 amide bonds. The molecule has 6 heteroatoms. The number of amides is 1. The second kappa shape index (κ2) is 6.23. The minimum atomic E-state index is -0.0518. The second-order valence-corrected chi connectivity index (χ2v) is 7.72. The molecule has 1 aliphatic rings. The summed E-state index contributed by atoms with van der Waals surface area (Å²) < 4.78 is 0. The maximum absolute atomic E-state index is 12.5. The van der Waals surface area contributed by atoms with Gasteiger partial charge in [-0.2, -0.15) is 11.8 Å². The van der Waals surface area contributed by atoms with Crippen molar-refractivity contribution in [1.82, 2.24) is 10.3 Å². The zero-order valence-corrected chi connectivity index (χ0v) is 13.6. The quantitative estimate of drug-likeness (QED) is 0.907. The van der Waals surface area contributed by atoms with Crippen LogP contribution in [-0.4, -0.2) is 27.9 Å². The van der Waals surface area contributed by atoms with Crippen LogP contribution in [0.3, 0.4) is 0 Å². The highest BCUT2D eigenvalue weighted by Crippen LogP contribution is 2.33. The van der Waals surface area contributed by atoms with Crippen LogP contribution in [0.25, 0.3) is 10.2 Å². The normalized spacial score (nSPS) is 21.8. The molecular weight excluding hydrogens is 302 g/mol. The van der Waals surface area contributed by atoms with Crippen LogP contribution in [-0.2, 0) is 0 Å². The van der Waals surface area contributed by atoms with Crippen molar-refractivity contribution in [2.75, 3.05) is 11.5 Å². The molecule has 0 aliphatic heterocycles. The van der Waals surface area contributed by atoms with Crippen molar-refractivity contribution < 1.29 is 4.79 Å². The molecule has 0 radical (unpaired) electrons. The standard InChI is InChI=1S/C15H19N3OS2/c1-2-20-11-7-3-6-10(11)18-14(19)13-12(16)9-5-4-8-17-15(9)21-13/h4-5,8,10-11H,2-3,6-7,16H2,1H3,(H,18,19). The van der Waals surface area contributed by atoms with Crippen LogP contribution in [0.15, 0.2) is 18.3 Å². The van der Waals surface area contributed by atoms with E-state index in [-0.39, 0.29) is 11.9 Å². The average Bonchev–Trinajstić information content (AvgIpc) is 3.05. The van der Waals surface area contributed by atoms with Crippen molar-refractivity contribution in [3.63, 3.8) is 0 Å². The summed E-state index contributed by atoms with van der Waals surface area (Å²) in [6, 6.07) is 4.02. The number of aromatic nitrogens is 1. The minimum absolute atomic E-state index is 0.0518. The van der Waals surface area contributed by atoms with Gasteiger partial charge in [-0.1, -0.05) is 13.3 Å². The number of nitrogens with two attached hydrogens (primary N) is 1. The number of rotatable bonds is 4. The molecule has 3 rings (SSSR count). The molecule has 4 nitrogen and oxygen atoms in total. The van der Waals surface area contributed by atoms with Gasteiger partial charge < -0.3 is 11.1 Å². The molecule has 0 saturated heterocycles. The first-order valence-electron chi connectivity index (χ1n) is 7.26. The number of thioether (sulfide) groups is 1. The molecule has 1 fully saturated rings. The number of anilines is 1. The van der Waals surface area contributed by atoms with E-state index in [1.807, 2.05) is 23.9 Å². The molecule has 1 aliphatic carbocycles. The first kappa shape index (κ1) is 14.7. The summed E-state index contributed by atoms with van der Waals surface area (Å²) in [5.41, 5.74) is 6.67. The van der Waals surface area contributed by atoms with E-state index in [0.29, 0.717) is 15.8 Å². The van der Waals surface area contributed by atoms with Crippen LogP contribution in [0, 0.1) is 0 Å². The maximum Gasteiger partial charge on any atom is 0.263 e. The number of carbonyl (C=O) groups is 1. The molecule has 2 unspecified atom stereocenters. The monoisotopic (exact) mass is 321 g/mol. The van der Waals surface area contributed by atoms with E-state index in [1.165, 1.54) is 24.2 Å². The van der Waals surface area contributed by atoms with Crippen molar-refractivity contribution in [2.24, 2.45) is 0 Å². The molecule has 112 valence electrons. The number of fused-ring (bicyclic) bond motifs is 1. The molecule has 2 heterocycles. The van der Waals surface area contributed by atoms with Gasteiger partial charge in [0.15, 0.2) is 0 Å². The van der Waals surface area contributed by atoms with Gasteiger partial charge in [0.2, 0.25) is 0 Å². The van der Waals surface area contributed by atoms with Gasteiger partial charge in [0, 0.05) is 22.9 Å². The largest absolute Gasteiger partial charge is 0.397 e. The Balaban J connectivity index is 1.79. The van der Waals surface area contributed by atoms with Crippen LogP contribution >= 0.6 is 23.1 Å². The van der Waals surface area contributed by atoms with Gasteiger partial charge in [-0.25, -0.2) is 4.98 Å². The first-order valence-corrected chi connectivity index (χ1v) is 9.12. The molecule has 1 saturated carbocycles. The Hall–Kier alpha value is -1.27. The summed E-state index contributed by atoms with van der Waals surface area (Å²) in [6.07, 6.45) is 5.16. The fraction of sp³-hybridized carbons (Fsp3) is 0.467. The van der Waals surface area contributed by atoms with Crippen LogP contribution < -0.4 is 11.1 Å². The van der Waals surface area contributed by atoms with Crippen molar-refractivity contribution in [3.8, 4) is 0 Å². The average molecular weight is 321 g/mol. The minimum Gasteiger partial charge on any atom is -0.397 e. The van der Waals surface area contributed by atoms with Crippen LogP contribution in [0.2, 0.25) is 0 Å².